The van der Waals surface area contributed by atoms with Crippen LogP contribution in [0.4, 0.5) is 0 Å². The van der Waals surface area contributed by atoms with Crippen LogP contribution in [0.15, 0.2) is 61.2 Å². The molecule has 0 saturated carbocycles. The van der Waals surface area contributed by atoms with Crippen molar-refractivity contribution in [3.8, 4) is 5.75 Å². The summed E-state index contributed by atoms with van der Waals surface area (Å²) in [6.45, 7) is 7.96. The topological polar surface area (TPSA) is 21.3 Å². The van der Waals surface area contributed by atoms with E-state index >= 15 is 0 Å². The average molecular weight is 267 g/mol. The minimum atomic E-state index is 0.537. The molecule has 0 aromatic heterocycles. The van der Waals surface area contributed by atoms with Gasteiger partial charge in [-0.05, 0) is 18.6 Å². The molecule has 0 amide bonds. The van der Waals surface area contributed by atoms with Gasteiger partial charge in [0.1, 0.15) is 12.4 Å². The lowest BCUT2D eigenvalue weighted by Gasteiger charge is -2.11. The summed E-state index contributed by atoms with van der Waals surface area (Å²) in [6, 6.07) is 16.7. The second-order valence-electron chi connectivity index (χ2n) is 4.80. The monoisotopic (exact) mass is 267 g/mol. The van der Waals surface area contributed by atoms with Crippen LogP contribution in [0.25, 0.3) is 0 Å². The zero-order valence-electron chi connectivity index (χ0n) is 11.9. The van der Waals surface area contributed by atoms with E-state index in [1.165, 1.54) is 16.7 Å². The standard InChI is InChI=1S/C18H21NO/c1-3-12-20-18-7-5-4-6-17(18)14-19-13-16-10-8-15(2)9-11-16/h3-11,19H,1,12-14H2,2H3. The maximum atomic E-state index is 5.65. The highest BCUT2D eigenvalue weighted by molar-refractivity contribution is 5.33. The van der Waals surface area contributed by atoms with Crippen LogP contribution in [0.1, 0.15) is 16.7 Å². The minimum Gasteiger partial charge on any atom is -0.489 e. The van der Waals surface area contributed by atoms with Crippen LogP contribution in [-0.2, 0) is 13.1 Å². The molecule has 0 aliphatic carbocycles. The van der Waals surface area contributed by atoms with Gasteiger partial charge < -0.3 is 10.1 Å². The van der Waals surface area contributed by atoms with Crippen molar-refractivity contribution in [3.63, 3.8) is 0 Å². The molecule has 2 aromatic rings. The van der Waals surface area contributed by atoms with Gasteiger partial charge in [0.05, 0.1) is 0 Å². The van der Waals surface area contributed by atoms with Crippen molar-refractivity contribution in [2.75, 3.05) is 6.61 Å². The van der Waals surface area contributed by atoms with Gasteiger partial charge in [0.15, 0.2) is 0 Å². The Labute approximate surface area is 121 Å². The molecule has 0 atom stereocenters. The largest absolute Gasteiger partial charge is 0.489 e. The summed E-state index contributed by atoms with van der Waals surface area (Å²) in [5, 5.41) is 3.45. The Morgan fingerprint density at radius 1 is 1.05 bits per heavy atom. The molecule has 104 valence electrons. The van der Waals surface area contributed by atoms with E-state index in [0.717, 1.165) is 18.8 Å². The number of para-hydroxylation sites is 1. The third kappa shape index (κ3) is 4.25. The van der Waals surface area contributed by atoms with Crippen LogP contribution in [0.3, 0.4) is 0 Å². The van der Waals surface area contributed by atoms with Crippen LogP contribution < -0.4 is 10.1 Å². The Balaban J connectivity index is 1.90. The molecule has 0 aliphatic heterocycles. The second kappa shape index (κ2) is 7.51. The van der Waals surface area contributed by atoms with Crippen molar-refractivity contribution in [2.45, 2.75) is 20.0 Å². The molecule has 1 N–H and O–H groups in total. The van der Waals surface area contributed by atoms with Gasteiger partial charge >= 0.3 is 0 Å². The van der Waals surface area contributed by atoms with Crippen molar-refractivity contribution in [3.05, 3.63) is 77.9 Å². The maximum Gasteiger partial charge on any atom is 0.124 e. The molecule has 2 heteroatoms. The molecule has 0 fully saturated rings. The number of hydrogen-bond acceptors (Lipinski definition) is 2. The van der Waals surface area contributed by atoms with Crippen LogP contribution in [-0.4, -0.2) is 6.61 Å². The lowest BCUT2D eigenvalue weighted by atomic mass is 10.1. The first kappa shape index (κ1) is 14.4. The minimum absolute atomic E-state index is 0.537. The zero-order valence-corrected chi connectivity index (χ0v) is 11.9. The van der Waals surface area contributed by atoms with Gasteiger partial charge in [0.2, 0.25) is 0 Å². The van der Waals surface area contributed by atoms with E-state index in [1.807, 2.05) is 18.2 Å². The van der Waals surface area contributed by atoms with Crippen LogP contribution in [0, 0.1) is 6.92 Å². The predicted octanol–water partition coefficient (Wildman–Crippen LogP) is 3.85. The number of rotatable bonds is 7. The van der Waals surface area contributed by atoms with E-state index in [2.05, 4.69) is 49.2 Å². The fraction of sp³-hybridized carbons (Fsp3) is 0.222. The molecule has 0 bridgehead atoms. The normalized spacial score (nSPS) is 10.2. The number of nitrogens with one attached hydrogen (secondary N) is 1. The summed E-state index contributed by atoms with van der Waals surface area (Å²) in [5.74, 6) is 0.920. The van der Waals surface area contributed by atoms with Crippen molar-refractivity contribution in [1.82, 2.24) is 5.32 Å². The molecule has 0 spiro atoms. The van der Waals surface area contributed by atoms with Crippen molar-refractivity contribution >= 4 is 0 Å². The molecule has 0 radical (unpaired) electrons. The van der Waals surface area contributed by atoms with Gasteiger partial charge in [-0.15, -0.1) is 0 Å². The third-order valence-corrected chi connectivity index (χ3v) is 3.09. The quantitative estimate of drug-likeness (QED) is 0.769. The van der Waals surface area contributed by atoms with Crippen LogP contribution >= 0.6 is 0 Å². The summed E-state index contributed by atoms with van der Waals surface area (Å²) in [5.41, 5.74) is 3.75. The van der Waals surface area contributed by atoms with E-state index < -0.39 is 0 Å². The van der Waals surface area contributed by atoms with Gasteiger partial charge in [-0.3, -0.25) is 0 Å². The third-order valence-electron chi connectivity index (χ3n) is 3.09. The van der Waals surface area contributed by atoms with E-state index in [9.17, 15) is 0 Å². The smallest absolute Gasteiger partial charge is 0.124 e. The second-order valence-corrected chi connectivity index (χ2v) is 4.80. The zero-order chi connectivity index (χ0) is 14.2. The summed E-state index contributed by atoms with van der Waals surface area (Å²) < 4.78 is 5.65. The number of benzene rings is 2. The number of ether oxygens (including phenoxy) is 1. The highest BCUT2D eigenvalue weighted by Gasteiger charge is 2.02. The van der Waals surface area contributed by atoms with Crippen LogP contribution in [0.5, 0.6) is 5.75 Å². The molecular weight excluding hydrogens is 246 g/mol. The highest BCUT2D eigenvalue weighted by Crippen LogP contribution is 2.17. The predicted molar refractivity (Wildman–Crippen MR) is 83.9 cm³/mol. The first-order valence-corrected chi connectivity index (χ1v) is 6.87. The summed E-state index contributed by atoms with van der Waals surface area (Å²) >= 11 is 0. The summed E-state index contributed by atoms with van der Waals surface area (Å²) in [7, 11) is 0. The Hall–Kier alpha value is -2.06. The van der Waals surface area contributed by atoms with Gasteiger partial charge in [-0.2, -0.15) is 0 Å². The van der Waals surface area contributed by atoms with Crippen molar-refractivity contribution in [2.24, 2.45) is 0 Å². The molecule has 2 aromatic carbocycles. The summed E-state index contributed by atoms with van der Waals surface area (Å²) in [6.07, 6.45) is 1.76. The molecule has 0 unspecified atom stereocenters. The number of aryl methyl sites for hydroxylation is 1. The van der Waals surface area contributed by atoms with Gasteiger partial charge in [-0.1, -0.05) is 60.7 Å². The molecule has 20 heavy (non-hydrogen) atoms. The Morgan fingerprint density at radius 3 is 2.55 bits per heavy atom. The van der Waals surface area contributed by atoms with Crippen molar-refractivity contribution in [1.29, 1.82) is 0 Å². The molecule has 2 nitrogen and oxygen atoms in total. The number of hydrogen-bond donors (Lipinski definition) is 1. The Morgan fingerprint density at radius 2 is 1.80 bits per heavy atom. The first-order chi connectivity index (χ1) is 9.79. The lowest BCUT2D eigenvalue weighted by molar-refractivity contribution is 0.358. The van der Waals surface area contributed by atoms with Gasteiger partial charge in [0, 0.05) is 18.7 Å². The van der Waals surface area contributed by atoms with Crippen LogP contribution in [0.2, 0.25) is 0 Å². The molecule has 0 heterocycles. The van der Waals surface area contributed by atoms with E-state index in [-0.39, 0.29) is 0 Å². The molecular formula is C18H21NO. The highest BCUT2D eigenvalue weighted by atomic mass is 16.5. The van der Waals surface area contributed by atoms with E-state index in [4.69, 9.17) is 4.74 Å². The van der Waals surface area contributed by atoms with Crippen molar-refractivity contribution < 1.29 is 4.74 Å². The fourth-order valence-corrected chi connectivity index (χ4v) is 1.99. The van der Waals surface area contributed by atoms with Gasteiger partial charge in [-0.25, -0.2) is 0 Å². The Bertz CT molecular complexity index is 546. The maximum absolute atomic E-state index is 5.65. The summed E-state index contributed by atoms with van der Waals surface area (Å²) in [4.78, 5) is 0. The molecule has 0 saturated heterocycles. The average Bonchev–Trinajstić information content (AvgIpc) is 2.48. The van der Waals surface area contributed by atoms with E-state index in [1.54, 1.807) is 6.08 Å². The molecule has 0 aliphatic rings. The van der Waals surface area contributed by atoms with E-state index in [0.29, 0.717) is 6.61 Å². The fourth-order valence-electron chi connectivity index (χ4n) is 1.99. The van der Waals surface area contributed by atoms with Gasteiger partial charge in [0.25, 0.3) is 0 Å². The SMILES string of the molecule is C=CCOc1ccccc1CNCc1ccc(C)cc1. The Kier molecular flexibility index (Phi) is 5.39. The molecule has 2 rings (SSSR count). The lowest BCUT2D eigenvalue weighted by Crippen LogP contribution is -2.13. The first-order valence-electron chi connectivity index (χ1n) is 6.87.